The van der Waals surface area contributed by atoms with Crippen molar-refractivity contribution in [3.63, 3.8) is 0 Å². The molecular formula is C30H40O3. The fourth-order valence-electron chi connectivity index (χ4n) is 5.59. The summed E-state index contributed by atoms with van der Waals surface area (Å²) in [6.45, 7) is 5.76. The van der Waals surface area contributed by atoms with Crippen LogP contribution in [0.2, 0.25) is 0 Å². The Morgan fingerprint density at radius 1 is 0.758 bits per heavy atom. The molecule has 2 aliphatic rings. The summed E-state index contributed by atoms with van der Waals surface area (Å²) >= 11 is 0. The third-order valence-electron chi connectivity index (χ3n) is 7.15. The van der Waals surface area contributed by atoms with E-state index in [1.807, 2.05) is 39.0 Å². The van der Waals surface area contributed by atoms with E-state index in [0.29, 0.717) is 11.8 Å². The topological polar surface area (TPSA) is 35.5 Å². The second-order valence-electron chi connectivity index (χ2n) is 10.9. The lowest BCUT2D eigenvalue weighted by atomic mass is 9.81. The minimum absolute atomic E-state index is 0.302. The van der Waals surface area contributed by atoms with E-state index in [1.54, 1.807) is 0 Å². The van der Waals surface area contributed by atoms with Crippen LogP contribution in [0.1, 0.15) is 120 Å². The molecule has 0 bridgehead atoms. The van der Waals surface area contributed by atoms with Gasteiger partial charge in [0.1, 0.15) is 11.4 Å². The number of para-hydroxylation sites is 1. The van der Waals surface area contributed by atoms with Crippen LogP contribution in [0, 0.1) is 0 Å². The highest BCUT2D eigenvalue weighted by Gasteiger charge is 2.33. The van der Waals surface area contributed by atoms with Gasteiger partial charge >= 0.3 is 5.97 Å². The molecule has 0 spiro atoms. The zero-order chi connectivity index (χ0) is 23.3. The van der Waals surface area contributed by atoms with Gasteiger partial charge in [-0.15, -0.1) is 0 Å². The summed E-state index contributed by atoms with van der Waals surface area (Å²) < 4.78 is 12.5. The molecule has 0 N–H and O–H groups in total. The number of rotatable bonds is 6. The highest BCUT2D eigenvalue weighted by Crippen LogP contribution is 2.41. The van der Waals surface area contributed by atoms with Crippen LogP contribution in [0.15, 0.2) is 48.5 Å². The van der Waals surface area contributed by atoms with E-state index in [4.69, 9.17) is 9.47 Å². The Bertz CT molecular complexity index is 914. The molecule has 3 heteroatoms. The lowest BCUT2D eigenvalue weighted by Crippen LogP contribution is -2.31. The highest BCUT2D eigenvalue weighted by molar-refractivity contribution is 5.78. The second kappa shape index (κ2) is 10.8. The first kappa shape index (κ1) is 23.9. The first-order chi connectivity index (χ1) is 15.9. The summed E-state index contributed by atoms with van der Waals surface area (Å²) in [4.78, 5) is 13.5. The van der Waals surface area contributed by atoms with E-state index in [0.717, 1.165) is 11.3 Å². The van der Waals surface area contributed by atoms with E-state index in [9.17, 15) is 4.79 Å². The molecule has 0 aliphatic heterocycles. The molecule has 2 saturated carbocycles. The quantitative estimate of drug-likeness (QED) is 0.417. The van der Waals surface area contributed by atoms with Crippen molar-refractivity contribution in [3.8, 4) is 5.75 Å². The van der Waals surface area contributed by atoms with Crippen LogP contribution in [0.25, 0.3) is 0 Å². The largest absolute Gasteiger partial charge is 0.474 e. The summed E-state index contributed by atoms with van der Waals surface area (Å²) in [6, 6.07) is 16.7. The Balaban J connectivity index is 1.70. The maximum atomic E-state index is 13.5. The molecule has 2 aliphatic carbocycles. The predicted molar refractivity (Wildman–Crippen MR) is 134 cm³/mol. The first-order valence-electron chi connectivity index (χ1n) is 13.0. The number of ether oxygens (including phenoxy) is 2. The lowest BCUT2D eigenvalue weighted by Gasteiger charge is -2.30. The molecule has 0 heterocycles. The molecule has 0 radical (unpaired) electrons. The van der Waals surface area contributed by atoms with Crippen molar-refractivity contribution in [2.75, 3.05) is 0 Å². The maximum Gasteiger partial charge on any atom is 0.352 e. The second-order valence-corrected chi connectivity index (χ2v) is 10.9. The van der Waals surface area contributed by atoms with E-state index < -0.39 is 11.7 Å². The molecule has 4 rings (SSSR count). The van der Waals surface area contributed by atoms with Crippen LogP contribution >= 0.6 is 0 Å². The van der Waals surface area contributed by atoms with Gasteiger partial charge in [0.25, 0.3) is 0 Å². The van der Waals surface area contributed by atoms with E-state index in [-0.39, 0.29) is 5.97 Å². The number of esters is 1. The van der Waals surface area contributed by atoms with Crippen molar-refractivity contribution >= 4 is 5.97 Å². The normalized spacial score (nSPS) is 19.1. The summed E-state index contributed by atoms with van der Waals surface area (Å²) in [7, 11) is 0. The van der Waals surface area contributed by atoms with Gasteiger partial charge in [-0.05, 0) is 75.5 Å². The number of hydrogen-bond acceptors (Lipinski definition) is 3. The number of hydrogen-bond donors (Lipinski definition) is 0. The minimum Gasteiger partial charge on any atom is -0.474 e. The van der Waals surface area contributed by atoms with Gasteiger partial charge in [-0.1, -0.05) is 81.0 Å². The van der Waals surface area contributed by atoms with Crippen molar-refractivity contribution in [3.05, 3.63) is 65.2 Å². The SMILES string of the molecule is CC(C)(C)OC(=O)C(Oc1ccccc1C1CCCCC1)c1ccccc1C1CCCCC1. The predicted octanol–water partition coefficient (Wildman–Crippen LogP) is 8.24. The van der Waals surface area contributed by atoms with E-state index in [2.05, 4.69) is 30.3 Å². The van der Waals surface area contributed by atoms with E-state index in [1.165, 1.54) is 75.3 Å². The molecule has 33 heavy (non-hydrogen) atoms. The molecule has 1 unspecified atom stereocenters. The van der Waals surface area contributed by atoms with Crippen molar-refractivity contribution in [2.45, 2.75) is 109 Å². The Hall–Kier alpha value is -2.29. The Labute approximate surface area is 199 Å². The molecule has 0 saturated heterocycles. The first-order valence-corrected chi connectivity index (χ1v) is 13.0. The van der Waals surface area contributed by atoms with E-state index >= 15 is 0 Å². The maximum absolute atomic E-state index is 13.5. The van der Waals surface area contributed by atoms with Crippen LogP contribution < -0.4 is 4.74 Å². The molecule has 0 amide bonds. The molecule has 2 aromatic carbocycles. The highest BCUT2D eigenvalue weighted by atomic mass is 16.6. The van der Waals surface area contributed by atoms with Gasteiger partial charge in [0, 0.05) is 5.56 Å². The van der Waals surface area contributed by atoms with Crippen LogP contribution in [0.4, 0.5) is 0 Å². The Kier molecular flexibility index (Phi) is 7.78. The third-order valence-corrected chi connectivity index (χ3v) is 7.15. The van der Waals surface area contributed by atoms with Crippen molar-refractivity contribution in [2.24, 2.45) is 0 Å². The smallest absolute Gasteiger partial charge is 0.352 e. The third kappa shape index (κ3) is 6.19. The zero-order valence-electron chi connectivity index (χ0n) is 20.6. The summed E-state index contributed by atoms with van der Waals surface area (Å²) in [5, 5.41) is 0. The number of benzene rings is 2. The van der Waals surface area contributed by atoms with Gasteiger partial charge in [0.15, 0.2) is 0 Å². The average Bonchev–Trinajstić information content (AvgIpc) is 2.83. The van der Waals surface area contributed by atoms with Gasteiger partial charge in [0.2, 0.25) is 6.10 Å². The Morgan fingerprint density at radius 3 is 1.88 bits per heavy atom. The monoisotopic (exact) mass is 448 g/mol. The van der Waals surface area contributed by atoms with Gasteiger partial charge in [-0.2, -0.15) is 0 Å². The molecule has 178 valence electrons. The summed E-state index contributed by atoms with van der Waals surface area (Å²) in [5.41, 5.74) is 2.89. The fraction of sp³-hybridized carbons (Fsp3) is 0.567. The molecule has 1 atom stereocenters. The van der Waals surface area contributed by atoms with Crippen LogP contribution in [0.5, 0.6) is 5.75 Å². The molecule has 0 aromatic heterocycles. The number of carbonyl (C=O) groups excluding carboxylic acids is 1. The van der Waals surface area contributed by atoms with Crippen LogP contribution in [0.3, 0.4) is 0 Å². The molecular weight excluding hydrogens is 408 g/mol. The Morgan fingerprint density at radius 2 is 1.27 bits per heavy atom. The van der Waals surface area contributed by atoms with Gasteiger partial charge in [0.05, 0.1) is 0 Å². The van der Waals surface area contributed by atoms with Crippen LogP contribution in [-0.2, 0) is 9.53 Å². The standard InChI is InChI=1S/C30H40O3/c1-30(2,3)33-29(31)28(26-20-11-10-18-24(26)22-14-6-4-7-15-22)32-27-21-13-12-19-25(27)23-16-8-5-9-17-23/h10-13,18-23,28H,4-9,14-17H2,1-3H3. The van der Waals surface area contributed by atoms with Crippen molar-refractivity contribution < 1.29 is 14.3 Å². The van der Waals surface area contributed by atoms with Gasteiger partial charge in [-0.3, -0.25) is 0 Å². The van der Waals surface area contributed by atoms with Gasteiger partial charge < -0.3 is 9.47 Å². The summed E-state index contributed by atoms with van der Waals surface area (Å²) in [6.07, 6.45) is 11.6. The molecule has 2 fully saturated rings. The lowest BCUT2D eigenvalue weighted by molar-refractivity contribution is -0.163. The fourth-order valence-corrected chi connectivity index (χ4v) is 5.59. The summed E-state index contributed by atoms with van der Waals surface area (Å²) in [5.74, 6) is 1.52. The van der Waals surface area contributed by atoms with Crippen molar-refractivity contribution in [1.29, 1.82) is 0 Å². The zero-order valence-corrected chi connectivity index (χ0v) is 20.6. The minimum atomic E-state index is -0.757. The van der Waals surface area contributed by atoms with Crippen LogP contribution in [-0.4, -0.2) is 11.6 Å². The average molecular weight is 449 g/mol. The van der Waals surface area contributed by atoms with Crippen molar-refractivity contribution in [1.82, 2.24) is 0 Å². The molecule has 2 aromatic rings. The molecule has 3 nitrogen and oxygen atoms in total. The number of carbonyl (C=O) groups is 1. The van der Waals surface area contributed by atoms with Gasteiger partial charge in [-0.25, -0.2) is 4.79 Å².